The third-order valence-electron chi connectivity index (χ3n) is 7.87. The molecule has 0 aliphatic heterocycles. The topological polar surface area (TPSA) is 35.0 Å². The molecule has 2 atom stereocenters. The van der Waals surface area contributed by atoms with Crippen molar-refractivity contribution in [2.45, 2.75) is 123 Å². The van der Waals surface area contributed by atoms with Crippen LogP contribution in [0.4, 0.5) is 0 Å². The van der Waals surface area contributed by atoms with Gasteiger partial charge in [0.15, 0.2) is 5.82 Å². The van der Waals surface area contributed by atoms with Crippen molar-refractivity contribution in [3.05, 3.63) is 42.2 Å². The van der Waals surface area contributed by atoms with E-state index in [1.807, 2.05) is 12.4 Å². The van der Waals surface area contributed by atoms with E-state index in [9.17, 15) is 0 Å². The molecule has 0 saturated heterocycles. The number of aryl methyl sites for hydroxylation is 1. The second-order valence-electron chi connectivity index (χ2n) is 10.7. The molecule has 3 nitrogen and oxygen atoms in total. The molecule has 0 bridgehead atoms. The number of benzene rings is 1. The van der Waals surface area contributed by atoms with Crippen molar-refractivity contribution in [3.63, 3.8) is 0 Å². The highest BCUT2D eigenvalue weighted by Crippen LogP contribution is 2.36. The molecule has 35 heavy (non-hydrogen) atoms. The van der Waals surface area contributed by atoms with Gasteiger partial charge in [-0.2, -0.15) is 0 Å². The molecule has 3 heteroatoms. The van der Waals surface area contributed by atoms with Crippen LogP contribution in [0, 0.1) is 11.8 Å². The van der Waals surface area contributed by atoms with Gasteiger partial charge in [0, 0.05) is 18.0 Å². The van der Waals surface area contributed by atoms with Crippen LogP contribution in [0.3, 0.4) is 0 Å². The molecule has 1 aromatic heterocycles. The molecule has 0 amide bonds. The Morgan fingerprint density at radius 3 is 1.97 bits per heavy atom. The molecule has 2 aromatic rings. The van der Waals surface area contributed by atoms with Crippen molar-refractivity contribution in [2.24, 2.45) is 11.8 Å². The minimum atomic E-state index is 0.800. The van der Waals surface area contributed by atoms with Crippen LogP contribution in [0.15, 0.2) is 36.7 Å². The van der Waals surface area contributed by atoms with Gasteiger partial charge in [-0.3, -0.25) is 0 Å². The van der Waals surface area contributed by atoms with Gasteiger partial charge < -0.3 is 4.74 Å². The normalized spacial score (nSPS) is 18.0. The van der Waals surface area contributed by atoms with Gasteiger partial charge in [0.25, 0.3) is 0 Å². The standard InChI is InChI=1S/C32H50N2O/c1-3-5-7-9-10-15-27-25-33-32(34-26-27)30-20-22-31(23-21-30)35-24-14-19-29-18-13-12-17-28(29)16-11-8-6-4-2/h20-23,25-26,28-29H,3-19,24H2,1-2H3. The van der Waals surface area contributed by atoms with Crippen molar-refractivity contribution >= 4 is 0 Å². The van der Waals surface area contributed by atoms with E-state index in [0.29, 0.717) is 0 Å². The largest absolute Gasteiger partial charge is 0.494 e. The molecule has 194 valence electrons. The Morgan fingerprint density at radius 2 is 1.31 bits per heavy atom. The van der Waals surface area contributed by atoms with Gasteiger partial charge in [0.1, 0.15) is 5.75 Å². The van der Waals surface area contributed by atoms with Crippen LogP contribution in [-0.4, -0.2) is 16.6 Å². The highest BCUT2D eigenvalue weighted by atomic mass is 16.5. The van der Waals surface area contributed by atoms with Crippen molar-refractivity contribution in [1.29, 1.82) is 0 Å². The van der Waals surface area contributed by atoms with Crippen LogP contribution in [0.5, 0.6) is 5.75 Å². The summed E-state index contributed by atoms with van der Waals surface area (Å²) >= 11 is 0. The molecule has 1 aliphatic rings. The number of nitrogens with zero attached hydrogens (tertiary/aromatic N) is 2. The molecule has 1 heterocycles. The van der Waals surface area contributed by atoms with Crippen LogP contribution in [-0.2, 0) is 6.42 Å². The van der Waals surface area contributed by atoms with Gasteiger partial charge in [0.2, 0.25) is 0 Å². The van der Waals surface area contributed by atoms with Gasteiger partial charge in [-0.15, -0.1) is 0 Å². The van der Waals surface area contributed by atoms with Crippen LogP contribution in [0.2, 0.25) is 0 Å². The molecule has 1 aromatic carbocycles. The van der Waals surface area contributed by atoms with Crippen molar-refractivity contribution in [1.82, 2.24) is 9.97 Å². The second kappa shape index (κ2) is 16.7. The summed E-state index contributed by atoms with van der Waals surface area (Å²) in [6.45, 7) is 5.38. The molecular weight excluding hydrogens is 428 g/mol. The molecule has 1 fully saturated rings. The number of unbranched alkanes of at least 4 members (excludes halogenated alkanes) is 7. The first-order valence-electron chi connectivity index (χ1n) is 14.8. The van der Waals surface area contributed by atoms with Crippen LogP contribution >= 0.6 is 0 Å². The smallest absolute Gasteiger partial charge is 0.159 e. The summed E-state index contributed by atoms with van der Waals surface area (Å²) in [5.41, 5.74) is 2.30. The Morgan fingerprint density at radius 1 is 0.714 bits per heavy atom. The van der Waals surface area contributed by atoms with Crippen LogP contribution in [0.1, 0.15) is 122 Å². The van der Waals surface area contributed by atoms with Gasteiger partial charge in [-0.25, -0.2) is 9.97 Å². The summed E-state index contributed by atoms with van der Waals surface area (Å²) < 4.78 is 6.09. The predicted octanol–water partition coefficient (Wildman–Crippen LogP) is 9.59. The molecule has 0 spiro atoms. The molecule has 0 N–H and O–H groups in total. The van der Waals surface area contributed by atoms with Gasteiger partial charge in [-0.1, -0.05) is 97.3 Å². The summed E-state index contributed by atoms with van der Waals surface area (Å²) in [7, 11) is 0. The van der Waals surface area contributed by atoms with Crippen molar-refractivity contribution < 1.29 is 4.74 Å². The van der Waals surface area contributed by atoms with Gasteiger partial charge in [0.05, 0.1) is 6.61 Å². The number of hydrogen-bond acceptors (Lipinski definition) is 3. The quantitative estimate of drug-likeness (QED) is 0.212. The zero-order valence-electron chi connectivity index (χ0n) is 22.6. The predicted molar refractivity (Wildman–Crippen MR) is 149 cm³/mol. The zero-order chi connectivity index (χ0) is 24.6. The fraction of sp³-hybridized carbons (Fsp3) is 0.688. The first-order chi connectivity index (χ1) is 17.3. The van der Waals surface area contributed by atoms with E-state index < -0.39 is 0 Å². The van der Waals surface area contributed by atoms with E-state index in [0.717, 1.165) is 42.0 Å². The minimum absolute atomic E-state index is 0.800. The lowest BCUT2D eigenvalue weighted by atomic mass is 9.74. The maximum atomic E-state index is 6.09. The second-order valence-corrected chi connectivity index (χ2v) is 10.7. The average molecular weight is 479 g/mol. The third kappa shape index (κ3) is 10.3. The molecular formula is C32H50N2O. The lowest BCUT2D eigenvalue weighted by Crippen LogP contribution is -2.20. The molecule has 1 aliphatic carbocycles. The van der Waals surface area contributed by atoms with Crippen molar-refractivity contribution in [3.8, 4) is 17.1 Å². The van der Waals surface area contributed by atoms with Gasteiger partial charge in [-0.05, 0) is 67.3 Å². The average Bonchev–Trinajstić information content (AvgIpc) is 2.90. The van der Waals surface area contributed by atoms with E-state index in [-0.39, 0.29) is 0 Å². The molecule has 1 saturated carbocycles. The Balaban J connectivity index is 1.36. The SMILES string of the molecule is CCCCCCCc1cnc(-c2ccc(OCCCC3CCCCC3CCCCCC)cc2)nc1. The first-order valence-corrected chi connectivity index (χ1v) is 14.8. The fourth-order valence-electron chi connectivity index (χ4n) is 5.68. The van der Waals surface area contributed by atoms with Crippen molar-refractivity contribution in [2.75, 3.05) is 6.61 Å². The Bertz CT molecular complexity index is 786. The summed E-state index contributed by atoms with van der Waals surface area (Å²) in [5.74, 6) is 3.64. The van der Waals surface area contributed by atoms with Crippen LogP contribution in [0.25, 0.3) is 11.4 Å². The Labute approximate surface area is 215 Å². The van der Waals surface area contributed by atoms with E-state index in [4.69, 9.17) is 4.74 Å². The van der Waals surface area contributed by atoms with E-state index in [2.05, 4.69) is 48.1 Å². The monoisotopic (exact) mass is 478 g/mol. The zero-order valence-corrected chi connectivity index (χ0v) is 22.6. The summed E-state index contributed by atoms with van der Waals surface area (Å²) in [6.07, 6.45) is 26.9. The van der Waals surface area contributed by atoms with E-state index in [1.54, 1.807) is 0 Å². The minimum Gasteiger partial charge on any atom is -0.494 e. The van der Waals surface area contributed by atoms with E-state index >= 15 is 0 Å². The van der Waals surface area contributed by atoms with Gasteiger partial charge >= 0.3 is 0 Å². The fourth-order valence-corrected chi connectivity index (χ4v) is 5.68. The third-order valence-corrected chi connectivity index (χ3v) is 7.87. The number of hydrogen-bond donors (Lipinski definition) is 0. The highest BCUT2D eigenvalue weighted by Gasteiger charge is 2.24. The number of ether oxygens (including phenoxy) is 1. The van der Waals surface area contributed by atoms with E-state index in [1.165, 1.54) is 108 Å². The molecule has 3 rings (SSSR count). The Kier molecular flexibility index (Phi) is 13.2. The maximum absolute atomic E-state index is 6.09. The van der Waals surface area contributed by atoms with Crippen LogP contribution < -0.4 is 4.74 Å². The number of rotatable bonds is 17. The lowest BCUT2D eigenvalue weighted by Gasteiger charge is -2.31. The lowest BCUT2D eigenvalue weighted by molar-refractivity contribution is 0.190. The summed E-state index contributed by atoms with van der Waals surface area (Å²) in [6, 6.07) is 8.31. The molecule has 2 unspecified atom stereocenters. The highest BCUT2D eigenvalue weighted by molar-refractivity contribution is 5.55. The number of aromatic nitrogens is 2. The molecule has 0 radical (unpaired) electrons. The maximum Gasteiger partial charge on any atom is 0.159 e. The summed E-state index contributed by atoms with van der Waals surface area (Å²) in [5, 5.41) is 0. The summed E-state index contributed by atoms with van der Waals surface area (Å²) in [4.78, 5) is 9.21. The first kappa shape index (κ1) is 27.7. The Hall–Kier alpha value is -1.90.